The maximum Gasteiger partial charge on any atom is 0.420 e. The van der Waals surface area contributed by atoms with Crippen molar-refractivity contribution in [2.75, 3.05) is 20.3 Å². The molecule has 7 heteroatoms. The molecular formula is C13H15F3O3S. The van der Waals surface area contributed by atoms with Gasteiger partial charge in [-0.15, -0.1) is 0 Å². The number of halogens is 3. The average Bonchev–Trinajstić information content (AvgIpc) is 2.35. The predicted octanol–water partition coefficient (Wildman–Crippen LogP) is 3.51. The van der Waals surface area contributed by atoms with Gasteiger partial charge in [0, 0.05) is 19.8 Å². The van der Waals surface area contributed by atoms with Crippen LogP contribution < -0.4 is 4.74 Å². The van der Waals surface area contributed by atoms with Crippen LogP contribution in [0.2, 0.25) is 0 Å². The number of carbonyl (C=O) groups excluding carboxylic acids is 1. The molecule has 0 aromatic heterocycles. The number of methoxy groups -OCH3 is 1. The Balaban J connectivity index is 3.04. The van der Waals surface area contributed by atoms with Crippen LogP contribution in [0.3, 0.4) is 0 Å². The summed E-state index contributed by atoms with van der Waals surface area (Å²) >= 11 is 0.833. The van der Waals surface area contributed by atoms with Crippen LogP contribution in [0.4, 0.5) is 13.2 Å². The summed E-state index contributed by atoms with van der Waals surface area (Å²) in [5, 5.41) is -0.233. The van der Waals surface area contributed by atoms with Crippen LogP contribution in [0, 0.1) is 0 Å². The minimum Gasteiger partial charge on any atom is -0.491 e. The predicted molar refractivity (Wildman–Crippen MR) is 70.8 cm³/mol. The van der Waals surface area contributed by atoms with E-state index in [1.807, 2.05) is 0 Å². The van der Waals surface area contributed by atoms with E-state index < -0.39 is 11.7 Å². The molecule has 0 spiro atoms. The Morgan fingerprint density at radius 1 is 1.30 bits per heavy atom. The van der Waals surface area contributed by atoms with Crippen molar-refractivity contribution in [1.29, 1.82) is 0 Å². The maximum absolute atomic E-state index is 13.1. The Hall–Kier alpha value is -1.21. The number of hydrogen-bond acceptors (Lipinski definition) is 4. The van der Waals surface area contributed by atoms with Crippen molar-refractivity contribution in [3.63, 3.8) is 0 Å². The van der Waals surface area contributed by atoms with Gasteiger partial charge >= 0.3 is 6.18 Å². The van der Waals surface area contributed by atoms with Crippen molar-refractivity contribution >= 4 is 16.9 Å². The van der Waals surface area contributed by atoms with Gasteiger partial charge in [0.15, 0.2) is 5.12 Å². The number of carbonyl (C=O) groups is 1. The second-order valence-electron chi connectivity index (χ2n) is 3.91. The summed E-state index contributed by atoms with van der Waals surface area (Å²) in [6.07, 6.45) is -4.53. The average molecular weight is 308 g/mol. The molecule has 0 aliphatic rings. The molecule has 1 aromatic carbocycles. The van der Waals surface area contributed by atoms with Gasteiger partial charge in [-0.05, 0) is 11.6 Å². The summed E-state index contributed by atoms with van der Waals surface area (Å²) in [6, 6.07) is 4.09. The summed E-state index contributed by atoms with van der Waals surface area (Å²) < 4.78 is 49.3. The van der Waals surface area contributed by atoms with Gasteiger partial charge in [-0.1, -0.05) is 23.9 Å². The van der Waals surface area contributed by atoms with E-state index in [9.17, 15) is 18.0 Å². The van der Waals surface area contributed by atoms with Crippen molar-refractivity contribution in [3.05, 3.63) is 29.3 Å². The Morgan fingerprint density at radius 3 is 2.55 bits per heavy atom. The van der Waals surface area contributed by atoms with Crippen molar-refractivity contribution in [1.82, 2.24) is 0 Å². The van der Waals surface area contributed by atoms with Crippen LogP contribution >= 0.6 is 11.8 Å². The van der Waals surface area contributed by atoms with Crippen LogP contribution in [0.15, 0.2) is 18.2 Å². The molecule has 20 heavy (non-hydrogen) atoms. The van der Waals surface area contributed by atoms with Gasteiger partial charge < -0.3 is 9.47 Å². The Kier molecular flexibility index (Phi) is 6.35. The fraction of sp³-hybridized carbons (Fsp3) is 0.462. The summed E-state index contributed by atoms with van der Waals surface area (Å²) in [6.45, 7) is 1.55. The van der Waals surface area contributed by atoms with E-state index >= 15 is 0 Å². The van der Waals surface area contributed by atoms with Gasteiger partial charge in [-0.25, -0.2) is 0 Å². The zero-order chi connectivity index (χ0) is 15.2. The minimum absolute atomic E-state index is 0.0306. The number of hydrogen-bond donors (Lipinski definition) is 0. The SMILES string of the molecule is COCCOc1cccc(CSC(C)=O)c1C(F)(F)F. The normalized spacial score (nSPS) is 11.4. The third-order valence-electron chi connectivity index (χ3n) is 2.37. The molecule has 0 radical (unpaired) electrons. The van der Waals surface area contributed by atoms with E-state index in [4.69, 9.17) is 9.47 Å². The van der Waals surface area contributed by atoms with Crippen molar-refractivity contribution in [2.24, 2.45) is 0 Å². The van der Waals surface area contributed by atoms with Crippen molar-refractivity contribution in [2.45, 2.75) is 18.9 Å². The van der Waals surface area contributed by atoms with E-state index in [-0.39, 0.29) is 35.4 Å². The second kappa shape index (κ2) is 7.54. The highest BCUT2D eigenvalue weighted by molar-refractivity contribution is 8.12. The molecular weight excluding hydrogens is 293 g/mol. The standard InChI is InChI=1S/C13H15F3O3S/c1-9(17)20-8-10-4-3-5-11(19-7-6-18-2)12(10)13(14,15)16/h3-5H,6-8H2,1-2H3. The van der Waals surface area contributed by atoms with Gasteiger partial charge in [0.25, 0.3) is 0 Å². The monoisotopic (exact) mass is 308 g/mol. The Labute approximate surface area is 119 Å². The van der Waals surface area contributed by atoms with Gasteiger partial charge in [0.2, 0.25) is 0 Å². The zero-order valence-electron chi connectivity index (χ0n) is 11.1. The molecule has 0 N–H and O–H groups in total. The molecule has 0 heterocycles. The lowest BCUT2D eigenvalue weighted by Crippen LogP contribution is -2.14. The number of alkyl halides is 3. The Morgan fingerprint density at radius 2 is 2.00 bits per heavy atom. The van der Waals surface area contributed by atoms with Crippen LogP contribution in [0.25, 0.3) is 0 Å². The topological polar surface area (TPSA) is 35.5 Å². The van der Waals surface area contributed by atoms with Crippen LogP contribution in [0.5, 0.6) is 5.75 Å². The molecule has 0 aliphatic heterocycles. The van der Waals surface area contributed by atoms with Crippen LogP contribution in [-0.4, -0.2) is 25.4 Å². The Bertz CT molecular complexity index is 461. The van der Waals surface area contributed by atoms with Gasteiger partial charge in [-0.2, -0.15) is 13.2 Å². The molecule has 3 nitrogen and oxygen atoms in total. The fourth-order valence-electron chi connectivity index (χ4n) is 1.55. The molecule has 0 fully saturated rings. The van der Waals surface area contributed by atoms with Crippen molar-refractivity contribution < 1.29 is 27.4 Å². The van der Waals surface area contributed by atoms with E-state index in [0.717, 1.165) is 11.8 Å². The largest absolute Gasteiger partial charge is 0.491 e. The zero-order valence-corrected chi connectivity index (χ0v) is 11.9. The van der Waals surface area contributed by atoms with Crippen LogP contribution in [0.1, 0.15) is 18.1 Å². The molecule has 112 valence electrons. The molecule has 0 atom stereocenters. The lowest BCUT2D eigenvalue weighted by atomic mass is 10.1. The van der Waals surface area contributed by atoms with Crippen molar-refractivity contribution in [3.8, 4) is 5.75 Å². The molecule has 0 saturated heterocycles. The summed E-state index contributed by atoms with van der Waals surface area (Å²) in [4.78, 5) is 10.9. The van der Waals surface area contributed by atoms with Gasteiger partial charge in [-0.3, -0.25) is 4.79 Å². The first-order valence-electron chi connectivity index (χ1n) is 5.80. The number of ether oxygens (including phenoxy) is 2. The van der Waals surface area contributed by atoms with E-state index in [1.54, 1.807) is 0 Å². The fourth-order valence-corrected chi connectivity index (χ4v) is 2.15. The molecule has 1 aromatic rings. The first-order chi connectivity index (χ1) is 9.36. The highest BCUT2D eigenvalue weighted by Gasteiger charge is 2.37. The summed E-state index contributed by atoms with van der Waals surface area (Å²) in [5.74, 6) is -0.276. The molecule has 0 saturated carbocycles. The third-order valence-corrected chi connectivity index (χ3v) is 3.23. The highest BCUT2D eigenvalue weighted by atomic mass is 32.2. The van der Waals surface area contributed by atoms with Gasteiger partial charge in [0.05, 0.1) is 6.61 Å². The quantitative estimate of drug-likeness (QED) is 0.753. The molecule has 0 amide bonds. The molecule has 0 unspecified atom stereocenters. The van der Waals surface area contributed by atoms with Gasteiger partial charge in [0.1, 0.15) is 17.9 Å². The van der Waals surface area contributed by atoms with E-state index in [0.29, 0.717) is 0 Å². The lowest BCUT2D eigenvalue weighted by Gasteiger charge is -2.17. The smallest absolute Gasteiger partial charge is 0.420 e. The van der Waals surface area contributed by atoms with Crippen LogP contribution in [-0.2, 0) is 21.5 Å². The number of benzene rings is 1. The molecule has 1 rings (SSSR count). The minimum atomic E-state index is -4.53. The van der Waals surface area contributed by atoms with E-state index in [1.165, 1.54) is 32.2 Å². The maximum atomic E-state index is 13.1. The number of rotatable bonds is 6. The third kappa shape index (κ3) is 5.05. The van der Waals surface area contributed by atoms with E-state index in [2.05, 4.69) is 0 Å². The number of thioether (sulfide) groups is 1. The molecule has 0 aliphatic carbocycles. The summed E-state index contributed by atoms with van der Waals surface area (Å²) in [5.41, 5.74) is -0.794. The highest BCUT2D eigenvalue weighted by Crippen LogP contribution is 2.40. The first-order valence-corrected chi connectivity index (χ1v) is 6.79. The summed E-state index contributed by atoms with van der Waals surface area (Å²) in [7, 11) is 1.44. The lowest BCUT2D eigenvalue weighted by molar-refractivity contribution is -0.139. The molecule has 0 bridgehead atoms. The second-order valence-corrected chi connectivity index (χ2v) is 5.06. The first kappa shape index (κ1) is 16.8.